The zero-order chi connectivity index (χ0) is 13.7. The van der Waals surface area contributed by atoms with E-state index in [1.165, 1.54) is 6.42 Å². The highest BCUT2D eigenvalue weighted by molar-refractivity contribution is 5.82. The van der Waals surface area contributed by atoms with Crippen molar-refractivity contribution in [1.29, 1.82) is 0 Å². The Balaban J connectivity index is 2.00. The normalized spacial score (nSPS) is 32.4. The molecule has 2 fully saturated rings. The van der Waals surface area contributed by atoms with Crippen LogP contribution in [0, 0.1) is 5.92 Å². The molecular weight excluding hydrogens is 242 g/mol. The van der Waals surface area contributed by atoms with Crippen molar-refractivity contribution >= 4 is 5.91 Å². The van der Waals surface area contributed by atoms with Crippen LogP contribution in [0.1, 0.15) is 26.7 Å². The fourth-order valence-corrected chi connectivity index (χ4v) is 3.13. The summed E-state index contributed by atoms with van der Waals surface area (Å²) in [5, 5.41) is 6.47. The molecule has 2 N–H and O–H groups in total. The van der Waals surface area contributed by atoms with Gasteiger partial charge in [0.25, 0.3) is 0 Å². The van der Waals surface area contributed by atoms with E-state index in [0.717, 1.165) is 39.2 Å². The van der Waals surface area contributed by atoms with Gasteiger partial charge in [-0.2, -0.15) is 0 Å². The number of nitrogens with one attached hydrogen (secondary N) is 2. The molecule has 0 aliphatic carbocycles. The molecule has 5 heteroatoms. The minimum Gasteiger partial charge on any atom is -0.378 e. The van der Waals surface area contributed by atoms with Crippen molar-refractivity contribution in [2.24, 2.45) is 5.92 Å². The van der Waals surface area contributed by atoms with E-state index in [1.807, 2.05) is 0 Å². The first kappa shape index (κ1) is 14.8. The third-order valence-corrected chi connectivity index (χ3v) is 4.28. The number of carbonyl (C=O) groups excluding carboxylic acids is 1. The second-order valence-corrected chi connectivity index (χ2v) is 5.51. The van der Waals surface area contributed by atoms with Crippen LogP contribution in [-0.2, 0) is 9.53 Å². The second kappa shape index (κ2) is 7.22. The van der Waals surface area contributed by atoms with E-state index in [9.17, 15) is 4.79 Å². The summed E-state index contributed by atoms with van der Waals surface area (Å²) in [5.74, 6) is 0.780. The van der Waals surface area contributed by atoms with Crippen LogP contribution in [0.3, 0.4) is 0 Å². The molecule has 0 bridgehead atoms. The number of hydrogen-bond acceptors (Lipinski definition) is 4. The van der Waals surface area contributed by atoms with Crippen molar-refractivity contribution in [2.75, 3.05) is 39.4 Å². The van der Waals surface area contributed by atoms with E-state index in [-0.39, 0.29) is 11.9 Å². The lowest BCUT2D eigenvalue weighted by atomic mass is 9.97. The predicted molar refractivity (Wildman–Crippen MR) is 75.1 cm³/mol. The van der Waals surface area contributed by atoms with Crippen LogP contribution in [0.4, 0.5) is 0 Å². The van der Waals surface area contributed by atoms with Gasteiger partial charge in [-0.1, -0.05) is 20.3 Å². The van der Waals surface area contributed by atoms with Crippen LogP contribution >= 0.6 is 0 Å². The van der Waals surface area contributed by atoms with Gasteiger partial charge in [0.1, 0.15) is 6.04 Å². The number of ether oxygens (including phenoxy) is 1. The van der Waals surface area contributed by atoms with Gasteiger partial charge in [0.2, 0.25) is 5.91 Å². The zero-order valence-corrected chi connectivity index (χ0v) is 12.2. The van der Waals surface area contributed by atoms with Crippen molar-refractivity contribution in [3.8, 4) is 0 Å². The Bertz CT molecular complexity index is 298. The van der Waals surface area contributed by atoms with Gasteiger partial charge in [0.05, 0.1) is 13.2 Å². The minimum atomic E-state index is -0.112. The van der Waals surface area contributed by atoms with Crippen LogP contribution in [0.2, 0.25) is 0 Å². The molecule has 0 radical (unpaired) electrons. The van der Waals surface area contributed by atoms with Crippen molar-refractivity contribution in [3.63, 3.8) is 0 Å². The summed E-state index contributed by atoms with van der Waals surface area (Å²) in [7, 11) is 0. The molecule has 0 aromatic heterocycles. The maximum atomic E-state index is 12.3. The molecule has 0 saturated carbocycles. The maximum absolute atomic E-state index is 12.3. The van der Waals surface area contributed by atoms with E-state index in [2.05, 4.69) is 29.4 Å². The lowest BCUT2D eigenvalue weighted by Gasteiger charge is -2.40. The van der Waals surface area contributed by atoms with Gasteiger partial charge >= 0.3 is 0 Å². The van der Waals surface area contributed by atoms with Crippen molar-refractivity contribution in [1.82, 2.24) is 15.5 Å². The third kappa shape index (κ3) is 3.46. The summed E-state index contributed by atoms with van der Waals surface area (Å²) < 4.78 is 5.52. The summed E-state index contributed by atoms with van der Waals surface area (Å²) >= 11 is 0. The molecule has 2 aliphatic heterocycles. The van der Waals surface area contributed by atoms with Crippen molar-refractivity contribution < 1.29 is 9.53 Å². The molecule has 0 aromatic rings. The number of hydrogen-bond donors (Lipinski definition) is 2. The van der Waals surface area contributed by atoms with Crippen LogP contribution in [-0.4, -0.2) is 62.3 Å². The highest BCUT2D eigenvalue weighted by atomic mass is 16.5. The van der Waals surface area contributed by atoms with Crippen LogP contribution in [0.5, 0.6) is 0 Å². The van der Waals surface area contributed by atoms with Crippen molar-refractivity contribution in [2.45, 2.75) is 38.8 Å². The number of morpholine rings is 1. The Hall–Kier alpha value is -0.650. The van der Waals surface area contributed by atoms with Gasteiger partial charge in [-0.25, -0.2) is 0 Å². The average Bonchev–Trinajstić information content (AvgIpc) is 2.93. The number of rotatable bonds is 5. The van der Waals surface area contributed by atoms with Gasteiger partial charge in [-0.05, 0) is 18.9 Å². The average molecular weight is 269 g/mol. The first-order chi connectivity index (χ1) is 9.27. The Morgan fingerprint density at radius 3 is 3.00 bits per heavy atom. The van der Waals surface area contributed by atoms with Gasteiger partial charge in [-0.3, -0.25) is 9.69 Å². The summed E-state index contributed by atoms with van der Waals surface area (Å²) in [6.07, 6.45) is 2.14. The van der Waals surface area contributed by atoms with E-state index in [4.69, 9.17) is 4.74 Å². The predicted octanol–water partition coefficient (Wildman–Crippen LogP) is 0.211. The minimum absolute atomic E-state index is 0.112. The maximum Gasteiger partial charge on any atom is 0.239 e. The molecule has 0 aromatic carbocycles. The summed E-state index contributed by atoms with van der Waals surface area (Å²) in [4.78, 5) is 14.6. The molecule has 2 aliphatic rings. The van der Waals surface area contributed by atoms with Gasteiger partial charge < -0.3 is 15.4 Å². The topological polar surface area (TPSA) is 53.6 Å². The monoisotopic (exact) mass is 269 g/mol. The van der Waals surface area contributed by atoms with E-state index < -0.39 is 0 Å². The summed E-state index contributed by atoms with van der Waals surface area (Å²) in [6, 6.07) is 0.366. The Labute approximate surface area is 116 Å². The van der Waals surface area contributed by atoms with Crippen LogP contribution < -0.4 is 10.6 Å². The Kier molecular flexibility index (Phi) is 5.60. The smallest absolute Gasteiger partial charge is 0.239 e. The largest absolute Gasteiger partial charge is 0.378 e. The van der Waals surface area contributed by atoms with Gasteiger partial charge in [0.15, 0.2) is 0 Å². The quantitative estimate of drug-likeness (QED) is 0.749. The standard InChI is InChI=1S/C14H27N3O2/c1-3-5-16-14(18)13-10-19-7-6-17(13)12-9-15-8-11(12)4-2/h11-13,15H,3-10H2,1-2H3,(H,16,18). The van der Waals surface area contributed by atoms with E-state index >= 15 is 0 Å². The highest BCUT2D eigenvalue weighted by Gasteiger charge is 2.39. The lowest BCUT2D eigenvalue weighted by Crippen LogP contribution is -2.59. The fourth-order valence-electron chi connectivity index (χ4n) is 3.13. The number of carbonyl (C=O) groups is 1. The number of amides is 1. The number of nitrogens with zero attached hydrogens (tertiary/aromatic N) is 1. The SMILES string of the molecule is CCCNC(=O)C1COCCN1C1CNCC1CC. The molecular formula is C14H27N3O2. The molecule has 19 heavy (non-hydrogen) atoms. The lowest BCUT2D eigenvalue weighted by molar-refractivity contribution is -0.135. The molecule has 110 valence electrons. The highest BCUT2D eigenvalue weighted by Crippen LogP contribution is 2.23. The molecule has 2 rings (SSSR count). The van der Waals surface area contributed by atoms with E-state index in [0.29, 0.717) is 18.6 Å². The molecule has 5 nitrogen and oxygen atoms in total. The van der Waals surface area contributed by atoms with Crippen molar-refractivity contribution in [3.05, 3.63) is 0 Å². The van der Waals surface area contributed by atoms with Gasteiger partial charge in [-0.15, -0.1) is 0 Å². The Morgan fingerprint density at radius 1 is 1.42 bits per heavy atom. The Morgan fingerprint density at radius 2 is 2.26 bits per heavy atom. The zero-order valence-electron chi connectivity index (χ0n) is 12.2. The molecule has 2 saturated heterocycles. The summed E-state index contributed by atoms with van der Waals surface area (Å²) in [5.41, 5.74) is 0. The van der Waals surface area contributed by atoms with Crippen LogP contribution in [0.15, 0.2) is 0 Å². The molecule has 3 atom stereocenters. The van der Waals surface area contributed by atoms with Crippen LogP contribution in [0.25, 0.3) is 0 Å². The summed E-state index contributed by atoms with van der Waals surface area (Å²) in [6.45, 7) is 9.27. The molecule has 0 spiro atoms. The van der Waals surface area contributed by atoms with Gasteiger partial charge in [0, 0.05) is 25.7 Å². The third-order valence-electron chi connectivity index (χ3n) is 4.28. The second-order valence-electron chi connectivity index (χ2n) is 5.51. The molecule has 2 heterocycles. The van der Waals surface area contributed by atoms with E-state index in [1.54, 1.807) is 0 Å². The fraction of sp³-hybridized carbons (Fsp3) is 0.929. The first-order valence-electron chi connectivity index (χ1n) is 7.59. The molecule has 3 unspecified atom stereocenters. The molecule has 1 amide bonds. The first-order valence-corrected chi connectivity index (χ1v) is 7.59.